The van der Waals surface area contributed by atoms with Crippen molar-refractivity contribution in [2.24, 2.45) is 0 Å². The summed E-state index contributed by atoms with van der Waals surface area (Å²) in [5.41, 5.74) is 0.955. The van der Waals surface area contributed by atoms with Gasteiger partial charge in [0.1, 0.15) is 10.7 Å². The van der Waals surface area contributed by atoms with Gasteiger partial charge in [-0.15, -0.1) is 0 Å². The topological polar surface area (TPSA) is 71.5 Å². The Kier molecular flexibility index (Phi) is 5.58. The second kappa shape index (κ2) is 7.70. The molecule has 25 heavy (non-hydrogen) atoms. The Hall–Kier alpha value is -1.67. The number of ether oxygens (including phenoxy) is 1. The van der Waals surface area contributed by atoms with Crippen LogP contribution in [0.5, 0.6) is 0 Å². The molecular formula is C17H20ClN3O3S. The van der Waals surface area contributed by atoms with Gasteiger partial charge >= 0.3 is 0 Å². The lowest BCUT2D eigenvalue weighted by Crippen LogP contribution is -2.40. The van der Waals surface area contributed by atoms with Gasteiger partial charge in [0.25, 0.3) is 0 Å². The lowest BCUT2D eigenvalue weighted by Gasteiger charge is -2.26. The highest BCUT2D eigenvalue weighted by molar-refractivity contribution is 7.89. The Balaban J connectivity index is 1.73. The zero-order valence-corrected chi connectivity index (χ0v) is 15.4. The molecule has 1 aliphatic heterocycles. The van der Waals surface area contributed by atoms with Crippen LogP contribution in [0.1, 0.15) is 18.5 Å². The zero-order valence-electron chi connectivity index (χ0n) is 13.9. The van der Waals surface area contributed by atoms with Gasteiger partial charge in [-0.2, -0.15) is 4.31 Å². The summed E-state index contributed by atoms with van der Waals surface area (Å²) in [5.74, 6) is 0.591. The lowest BCUT2D eigenvalue weighted by atomic mass is 10.1. The van der Waals surface area contributed by atoms with Gasteiger partial charge in [0.15, 0.2) is 0 Å². The Morgan fingerprint density at radius 2 is 1.92 bits per heavy atom. The van der Waals surface area contributed by atoms with Crippen LogP contribution in [0.2, 0.25) is 5.02 Å². The Labute approximate surface area is 152 Å². The minimum Gasteiger partial charge on any atom is -0.379 e. The molecule has 0 spiro atoms. The number of halogens is 1. The molecule has 0 bridgehead atoms. The number of aromatic nitrogens is 1. The number of nitrogens with one attached hydrogen (secondary N) is 1. The molecule has 0 radical (unpaired) electrons. The summed E-state index contributed by atoms with van der Waals surface area (Å²) in [5, 5.41) is 3.91. The number of hydrogen-bond acceptors (Lipinski definition) is 5. The fraction of sp³-hybridized carbons (Fsp3) is 0.353. The third kappa shape index (κ3) is 4.12. The standard InChI is InChI=1S/C17H20ClN3O3S/c1-13(15-4-2-3-5-16(15)18)20-17-7-6-14(12-19-17)25(22,23)21-8-10-24-11-9-21/h2-7,12-13H,8-11H2,1H3,(H,19,20)/t13-/m0/s1. The molecule has 0 saturated carbocycles. The van der Waals surface area contributed by atoms with Gasteiger partial charge in [-0.1, -0.05) is 29.8 Å². The molecule has 6 nitrogen and oxygen atoms in total. The SMILES string of the molecule is C[C@H](Nc1ccc(S(=O)(=O)N2CCOCC2)cn1)c1ccccc1Cl. The average molecular weight is 382 g/mol. The number of nitrogens with zero attached hydrogens (tertiary/aromatic N) is 2. The first-order valence-corrected chi connectivity index (χ1v) is 9.85. The van der Waals surface area contributed by atoms with E-state index < -0.39 is 10.0 Å². The molecule has 134 valence electrons. The molecule has 0 unspecified atom stereocenters. The predicted molar refractivity (Wildman–Crippen MR) is 97.3 cm³/mol. The van der Waals surface area contributed by atoms with Crippen molar-refractivity contribution in [2.45, 2.75) is 17.9 Å². The first-order valence-electron chi connectivity index (χ1n) is 8.03. The molecule has 2 heterocycles. The van der Waals surface area contributed by atoms with Gasteiger partial charge in [0.2, 0.25) is 10.0 Å². The number of morpholine rings is 1. The van der Waals surface area contributed by atoms with E-state index in [9.17, 15) is 8.42 Å². The second-order valence-electron chi connectivity index (χ2n) is 5.78. The van der Waals surface area contributed by atoms with Gasteiger partial charge in [-0.05, 0) is 30.7 Å². The molecule has 8 heteroatoms. The van der Waals surface area contributed by atoms with Crippen molar-refractivity contribution in [3.63, 3.8) is 0 Å². The van der Waals surface area contributed by atoms with E-state index in [-0.39, 0.29) is 10.9 Å². The fourth-order valence-electron chi connectivity index (χ4n) is 2.68. The molecule has 3 rings (SSSR count). The van der Waals surface area contributed by atoms with E-state index in [1.165, 1.54) is 10.5 Å². The van der Waals surface area contributed by atoms with E-state index in [1.54, 1.807) is 12.1 Å². The maximum absolute atomic E-state index is 12.6. The Bertz CT molecular complexity index is 821. The number of anilines is 1. The summed E-state index contributed by atoms with van der Waals surface area (Å²) in [6, 6.07) is 10.8. The molecule has 1 N–H and O–H groups in total. The largest absolute Gasteiger partial charge is 0.379 e. The van der Waals surface area contributed by atoms with Crippen LogP contribution in [-0.2, 0) is 14.8 Å². The third-order valence-corrected chi connectivity index (χ3v) is 6.31. The maximum Gasteiger partial charge on any atom is 0.244 e. The van der Waals surface area contributed by atoms with E-state index >= 15 is 0 Å². The van der Waals surface area contributed by atoms with Crippen molar-refractivity contribution in [3.8, 4) is 0 Å². The zero-order chi connectivity index (χ0) is 17.9. The minimum absolute atomic E-state index is 0.0529. The number of benzene rings is 1. The molecule has 1 aliphatic rings. The van der Waals surface area contributed by atoms with Crippen LogP contribution in [0.3, 0.4) is 0 Å². The predicted octanol–water partition coefficient (Wildman–Crippen LogP) is 2.93. The summed E-state index contributed by atoms with van der Waals surface area (Å²) in [6.45, 7) is 3.54. The molecule has 1 aromatic carbocycles. The highest BCUT2D eigenvalue weighted by Crippen LogP contribution is 2.25. The van der Waals surface area contributed by atoms with Crippen LogP contribution in [0, 0.1) is 0 Å². The second-order valence-corrected chi connectivity index (χ2v) is 8.13. The van der Waals surface area contributed by atoms with E-state index in [1.807, 2.05) is 31.2 Å². The minimum atomic E-state index is -3.52. The molecule has 0 aliphatic carbocycles. The van der Waals surface area contributed by atoms with Crippen molar-refractivity contribution < 1.29 is 13.2 Å². The smallest absolute Gasteiger partial charge is 0.244 e. The van der Waals surface area contributed by atoms with E-state index in [0.717, 1.165) is 5.56 Å². The molecule has 2 aromatic rings. The highest BCUT2D eigenvalue weighted by atomic mass is 35.5. The van der Waals surface area contributed by atoms with Crippen LogP contribution >= 0.6 is 11.6 Å². The van der Waals surface area contributed by atoms with Crippen molar-refractivity contribution in [1.82, 2.24) is 9.29 Å². The average Bonchev–Trinajstić information content (AvgIpc) is 2.63. The van der Waals surface area contributed by atoms with Crippen LogP contribution in [0.15, 0.2) is 47.5 Å². The summed E-state index contributed by atoms with van der Waals surface area (Å²) in [4.78, 5) is 4.43. The van der Waals surface area contributed by atoms with Crippen molar-refractivity contribution in [3.05, 3.63) is 53.2 Å². The van der Waals surface area contributed by atoms with Crippen molar-refractivity contribution in [1.29, 1.82) is 0 Å². The van der Waals surface area contributed by atoms with Gasteiger partial charge in [-0.25, -0.2) is 13.4 Å². The number of rotatable bonds is 5. The fourth-order valence-corrected chi connectivity index (χ4v) is 4.33. The van der Waals surface area contributed by atoms with Crippen molar-refractivity contribution in [2.75, 3.05) is 31.6 Å². The lowest BCUT2D eigenvalue weighted by molar-refractivity contribution is 0.0730. The summed E-state index contributed by atoms with van der Waals surface area (Å²) in [6.07, 6.45) is 1.38. The summed E-state index contributed by atoms with van der Waals surface area (Å²) >= 11 is 6.20. The van der Waals surface area contributed by atoms with E-state index in [2.05, 4.69) is 10.3 Å². The molecule has 0 amide bonds. The molecule has 1 aromatic heterocycles. The van der Waals surface area contributed by atoms with Gasteiger partial charge in [-0.3, -0.25) is 0 Å². The molecule has 1 saturated heterocycles. The monoisotopic (exact) mass is 381 g/mol. The van der Waals surface area contributed by atoms with Gasteiger partial charge in [0.05, 0.1) is 19.3 Å². The molecule has 1 atom stereocenters. The highest BCUT2D eigenvalue weighted by Gasteiger charge is 2.26. The van der Waals surface area contributed by atoms with Crippen LogP contribution < -0.4 is 5.32 Å². The van der Waals surface area contributed by atoms with E-state index in [4.69, 9.17) is 16.3 Å². The van der Waals surface area contributed by atoms with Crippen LogP contribution in [0.4, 0.5) is 5.82 Å². The first-order chi connectivity index (χ1) is 12.0. The van der Waals surface area contributed by atoms with E-state index in [0.29, 0.717) is 37.1 Å². The first kappa shape index (κ1) is 18.1. The van der Waals surface area contributed by atoms with Gasteiger partial charge in [0, 0.05) is 24.3 Å². The third-order valence-electron chi connectivity index (χ3n) is 4.08. The van der Waals surface area contributed by atoms with Crippen LogP contribution in [0.25, 0.3) is 0 Å². The van der Waals surface area contributed by atoms with Crippen molar-refractivity contribution >= 4 is 27.4 Å². The summed E-state index contributed by atoms with van der Waals surface area (Å²) in [7, 11) is -3.52. The Morgan fingerprint density at radius 1 is 1.20 bits per heavy atom. The Morgan fingerprint density at radius 3 is 2.56 bits per heavy atom. The van der Waals surface area contributed by atoms with Gasteiger partial charge < -0.3 is 10.1 Å². The molecular weight excluding hydrogens is 362 g/mol. The maximum atomic E-state index is 12.6. The van der Waals surface area contributed by atoms with Crippen LogP contribution in [-0.4, -0.2) is 44.0 Å². The number of pyridine rings is 1. The summed E-state index contributed by atoms with van der Waals surface area (Å²) < 4.78 is 31.8. The molecule has 1 fully saturated rings. The normalized spacial score (nSPS) is 17.2. The number of sulfonamides is 1. The quantitative estimate of drug-likeness (QED) is 0.862. The number of hydrogen-bond donors (Lipinski definition) is 1.